The summed E-state index contributed by atoms with van der Waals surface area (Å²) in [4.78, 5) is 4.33. The highest BCUT2D eigenvalue weighted by Gasteiger charge is 2.00. The molecule has 19 heavy (non-hydrogen) atoms. The van der Waals surface area contributed by atoms with E-state index in [0.717, 1.165) is 24.5 Å². The molecule has 0 fully saturated rings. The Balaban J connectivity index is 1.78. The summed E-state index contributed by atoms with van der Waals surface area (Å²) in [5, 5.41) is 4.69. The molecule has 2 nitrogen and oxygen atoms in total. The first kappa shape index (κ1) is 14.3. The Hall–Kier alpha value is -1.12. The number of rotatable bonds is 7. The Morgan fingerprint density at radius 3 is 3.05 bits per heavy atom. The normalized spacial score (nSPS) is 12.7. The van der Waals surface area contributed by atoms with Gasteiger partial charge in [-0.1, -0.05) is 19.1 Å². The van der Waals surface area contributed by atoms with Crippen LogP contribution in [0.2, 0.25) is 0 Å². The molecule has 1 atom stereocenters. The lowest BCUT2D eigenvalue weighted by atomic mass is 10.1. The van der Waals surface area contributed by atoms with E-state index in [0.29, 0.717) is 5.92 Å². The van der Waals surface area contributed by atoms with E-state index in [9.17, 15) is 0 Å². The molecular weight excluding hydrogens is 256 g/mol. The van der Waals surface area contributed by atoms with Gasteiger partial charge in [0.1, 0.15) is 0 Å². The standard InChI is InChI=1S/C16H21ClN2/c1-13(11-17)4-2-8-18-12-14-6-7-16-15(10-14)5-3-9-19-16/h3,5-7,9-10,13,18H,2,4,8,11-12H2,1H3. The Morgan fingerprint density at radius 1 is 1.32 bits per heavy atom. The van der Waals surface area contributed by atoms with Gasteiger partial charge in [0.2, 0.25) is 0 Å². The van der Waals surface area contributed by atoms with Crippen LogP contribution in [0.3, 0.4) is 0 Å². The number of alkyl halides is 1. The van der Waals surface area contributed by atoms with Crippen molar-refractivity contribution in [3.8, 4) is 0 Å². The number of hydrogen-bond donors (Lipinski definition) is 1. The first-order chi connectivity index (χ1) is 9.29. The third kappa shape index (κ3) is 4.48. The molecule has 0 radical (unpaired) electrons. The molecule has 2 rings (SSSR count). The van der Waals surface area contributed by atoms with Crippen molar-refractivity contribution in [1.82, 2.24) is 10.3 Å². The van der Waals surface area contributed by atoms with Crippen LogP contribution in [0.25, 0.3) is 10.9 Å². The Morgan fingerprint density at radius 2 is 2.21 bits per heavy atom. The van der Waals surface area contributed by atoms with Crippen LogP contribution in [-0.4, -0.2) is 17.4 Å². The minimum atomic E-state index is 0.621. The van der Waals surface area contributed by atoms with Crippen LogP contribution in [0.5, 0.6) is 0 Å². The minimum Gasteiger partial charge on any atom is -0.313 e. The average Bonchev–Trinajstić information content (AvgIpc) is 2.46. The molecule has 1 aromatic heterocycles. The van der Waals surface area contributed by atoms with Gasteiger partial charge in [-0.15, -0.1) is 11.6 Å². The molecule has 1 aromatic carbocycles. The quantitative estimate of drug-likeness (QED) is 0.611. The van der Waals surface area contributed by atoms with Gasteiger partial charge < -0.3 is 5.32 Å². The van der Waals surface area contributed by atoms with Crippen LogP contribution in [0.4, 0.5) is 0 Å². The topological polar surface area (TPSA) is 24.9 Å². The summed E-state index contributed by atoms with van der Waals surface area (Å²) in [7, 11) is 0. The van der Waals surface area contributed by atoms with E-state index in [1.807, 2.05) is 12.3 Å². The maximum atomic E-state index is 5.79. The third-order valence-electron chi connectivity index (χ3n) is 3.31. The van der Waals surface area contributed by atoms with E-state index in [-0.39, 0.29) is 0 Å². The first-order valence-corrected chi connectivity index (χ1v) is 7.43. The summed E-state index contributed by atoms with van der Waals surface area (Å²) in [5.74, 6) is 1.38. The molecule has 0 bridgehead atoms. The van der Waals surface area contributed by atoms with Crippen LogP contribution in [-0.2, 0) is 6.54 Å². The smallest absolute Gasteiger partial charge is 0.0702 e. The lowest BCUT2D eigenvalue weighted by molar-refractivity contribution is 0.531. The number of halogens is 1. The second-order valence-electron chi connectivity index (χ2n) is 5.11. The molecular formula is C16H21ClN2. The molecule has 1 heterocycles. The molecule has 0 aliphatic heterocycles. The van der Waals surface area contributed by atoms with Crippen molar-refractivity contribution in [2.24, 2.45) is 5.92 Å². The van der Waals surface area contributed by atoms with Crippen molar-refractivity contribution in [1.29, 1.82) is 0 Å². The van der Waals surface area contributed by atoms with E-state index in [2.05, 4.69) is 41.5 Å². The van der Waals surface area contributed by atoms with Crippen LogP contribution in [0, 0.1) is 5.92 Å². The lowest BCUT2D eigenvalue weighted by Gasteiger charge is -2.08. The molecule has 0 aliphatic carbocycles. The minimum absolute atomic E-state index is 0.621. The van der Waals surface area contributed by atoms with Gasteiger partial charge in [-0.05, 0) is 49.1 Å². The Labute approximate surface area is 120 Å². The van der Waals surface area contributed by atoms with Gasteiger partial charge in [-0.25, -0.2) is 0 Å². The lowest BCUT2D eigenvalue weighted by Crippen LogP contribution is -2.15. The van der Waals surface area contributed by atoms with E-state index < -0.39 is 0 Å². The number of fused-ring (bicyclic) bond motifs is 1. The van der Waals surface area contributed by atoms with Crippen LogP contribution in [0.15, 0.2) is 36.5 Å². The fourth-order valence-corrected chi connectivity index (χ4v) is 2.27. The zero-order chi connectivity index (χ0) is 13.5. The molecule has 0 saturated carbocycles. The number of benzene rings is 1. The molecule has 2 aromatic rings. The SMILES string of the molecule is CC(CCl)CCCNCc1ccc2ncccc2c1. The van der Waals surface area contributed by atoms with E-state index in [4.69, 9.17) is 11.6 Å². The number of nitrogens with zero attached hydrogens (tertiary/aromatic N) is 1. The molecule has 1 unspecified atom stereocenters. The number of pyridine rings is 1. The monoisotopic (exact) mass is 276 g/mol. The van der Waals surface area contributed by atoms with Gasteiger partial charge >= 0.3 is 0 Å². The van der Waals surface area contributed by atoms with Gasteiger partial charge in [0.25, 0.3) is 0 Å². The number of aromatic nitrogens is 1. The summed E-state index contributed by atoms with van der Waals surface area (Å²) < 4.78 is 0. The van der Waals surface area contributed by atoms with Crippen molar-refractivity contribution in [3.63, 3.8) is 0 Å². The van der Waals surface area contributed by atoms with Crippen LogP contribution < -0.4 is 5.32 Å². The van der Waals surface area contributed by atoms with Crippen molar-refractivity contribution >= 4 is 22.5 Å². The summed E-state index contributed by atoms with van der Waals surface area (Å²) in [6.07, 6.45) is 4.21. The summed E-state index contributed by atoms with van der Waals surface area (Å²) in [6, 6.07) is 10.5. The van der Waals surface area contributed by atoms with Crippen LogP contribution in [0.1, 0.15) is 25.3 Å². The zero-order valence-electron chi connectivity index (χ0n) is 11.4. The van der Waals surface area contributed by atoms with E-state index in [1.165, 1.54) is 23.8 Å². The van der Waals surface area contributed by atoms with E-state index >= 15 is 0 Å². The molecule has 0 amide bonds. The highest BCUT2D eigenvalue weighted by molar-refractivity contribution is 6.18. The van der Waals surface area contributed by atoms with Crippen molar-refractivity contribution in [2.75, 3.05) is 12.4 Å². The Bertz CT molecular complexity index is 513. The third-order valence-corrected chi connectivity index (χ3v) is 3.84. The highest BCUT2D eigenvalue weighted by Crippen LogP contribution is 2.13. The predicted molar refractivity (Wildman–Crippen MR) is 82.6 cm³/mol. The van der Waals surface area contributed by atoms with Gasteiger partial charge in [0, 0.05) is 24.0 Å². The molecule has 0 saturated heterocycles. The fraction of sp³-hybridized carbons (Fsp3) is 0.438. The van der Waals surface area contributed by atoms with Gasteiger partial charge in [0.05, 0.1) is 5.52 Å². The summed E-state index contributed by atoms with van der Waals surface area (Å²) in [5.41, 5.74) is 2.37. The van der Waals surface area contributed by atoms with Gasteiger partial charge in [0.15, 0.2) is 0 Å². The number of nitrogens with one attached hydrogen (secondary N) is 1. The zero-order valence-corrected chi connectivity index (χ0v) is 12.2. The predicted octanol–water partition coefficient (Wildman–Crippen LogP) is 3.98. The molecule has 0 spiro atoms. The summed E-state index contributed by atoms with van der Waals surface area (Å²) >= 11 is 5.79. The fourth-order valence-electron chi connectivity index (χ4n) is 2.12. The summed E-state index contributed by atoms with van der Waals surface area (Å²) in [6.45, 7) is 4.16. The Kier molecular flexibility index (Phi) is 5.62. The molecule has 3 heteroatoms. The van der Waals surface area contributed by atoms with Crippen molar-refractivity contribution < 1.29 is 0 Å². The first-order valence-electron chi connectivity index (χ1n) is 6.90. The van der Waals surface area contributed by atoms with Crippen molar-refractivity contribution in [2.45, 2.75) is 26.3 Å². The molecule has 102 valence electrons. The largest absolute Gasteiger partial charge is 0.313 e. The van der Waals surface area contributed by atoms with Crippen molar-refractivity contribution in [3.05, 3.63) is 42.1 Å². The second kappa shape index (κ2) is 7.46. The second-order valence-corrected chi connectivity index (χ2v) is 5.42. The molecule has 1 N–H and O–H groups in total. The maximum Gasteiger partial charge on any atom is 0.0702 e. The average molecular weight is 277 g/mol. The maximum absolute atomic E-state index is 5.79. The van der Waals surface area contributed by atoms with Gasteiger partial charge in [-0.3, -0.25) is 4.98 Å². The number of hydrogen-bond acceptors (Lipinski definition) is 2. The van der Waals surface area contributed by atoms with Crippen LogP contribution >= 0.6 is 11.6 Å². The van der Waals surface area contributed by atoms with E-state index in [1.54, 1.807) is 0 Å². The molecule has 0 aliphatic rings. The highest BCUT2D eigenvalue weighted by atomic mass is 35.5. The van der Waals surface area contributed by atoms with Gasteiger partial charge in [-0.2, -0.15) is 0 Å².